The molecule has 0 unspecified atom stereocenters. The van der Waals surface area contributed by atoms with Gasteiger partial charge in [0, 0.05) is 24.0 Å². The van der Waals surface area contributed by atoms with Crippen LogP contribution in [0.1, 0.15) is 17.0 Å². The summed E-state index contributed by atoms with van der Waals surface area (Å²) in [6, 6.07) is 17.7. The summed E-state index contributed by atoms with van der Waals surface area (Å²) in [4.78, 5) is 8.13. The number of nitrogens with zero attached hydrogens (tertiary/aromatic N) is 2. The van der Waals surface area contributed by atoms with Crippen LogP contribution in [-0.4, -0.2) is 15.7 Å². The number of hydrogen-bond donors (Lipinski definition) is 3. The lowest BCUT2D eigenvalue weighted by molar-refractivity contribution is 0.605. The van der Waals surface area contributed by atoms with Gasteiger partial charge in [-0.3, -0.25) is 5.41 Å². The second kappa shape index (κ2) is 8.02. The largest absolute Gasteiger partial charge is 0.384 e. The van der Waals surface area contributed by atoms with Crippen LogP contribution in [0.3, 0.4) is 0 Å². The van der Waals surface area contributed by atoms with Crippen molar-refractivity contribution in [3.63, 3.8) is 0 Å². The smallest absolute Gasteiger partial charge is 0.179 e. The van der Waals surface area contributed by atoms with E-state index in [2.05, 4.69) is 15.3 Å². The number of allylic oxidation sites excluding steroid dienone is 1. The molecule has 0 bridgehead atoms. The Hall–Kier alpha value is -3.54. The lowest BCUT2D eigenvalue weighted by Crippen LogP contribution is -2.15. The molecular formula is C20H18FN5. The number of rotatable bonds is 6. The molecule has 0 amide bonds. The number of nitrogens with two attached hydrogens (primary N) is 1. The molecule has 0 radical (unpaired) electrons. The van der Waals surface area contributed by atoms with Crippen molar-refractivity contribution in [3.8, 4) is 0 Å². The molecule has 0 fully saturated rings. The van der Waals surface area contributed by atoms with E-state index in [0.29, 0.717) is 23.6 Å². The van der Waals surface area contributed by atoms with Crippen molar-refractivity contribution in [2.24, 2.45) is 0 Å². The van der Waals surface area contributed by atoms with E-state index in [1.165, 1.54) is 12.3 Å². The van der Waals surface area contributed by atoms with E-state index in [4.69, 9.17) is 11.1 Å². The minimum atomic E-state index is -0.276. The summed E-state index contributed by atoms with van der Waals surface area (Å²) in [7, 11) is 0. The van der Waals surface area contributed by atoms with Gasteiger partial charge in [0.05, 0.1) is 0 Å². The summed E-state index contributed by atoms with van der Waals surface area (Å²) in [5.41, 5.74) is 7.86. The summed E-state index contributed by atoms with van der Waals surface area (Å²) in [6.07, 6.45) is 3.12. The zero-order valence-corrected chi connectivity index (χ0v) is 14.0. The van der Waals surface area contributed by atoms with Gasteiger partial charge in [-0.15, -0.1) is 0 Å². The topological polar surface area (TPSA) is 87.7 Å². The molecule has 0 saturated heterocycles. The molecule has 130 valence electrons. The molecule has 0 saturated carbocycles. The summed E-state index contributed by atoms with van der Waals surface area (Å²) < 4.78 is 13.9. The highest BCUT2D eigenvalue weighted by molar-refractivity contribution is 6.07. The van der Waals surface area contributed by atoms with E-state index in [9.17, 15) is 4.39 Å². The quantitative estimate of drug-likeness (QED) is 0.596. The fourth-order valence-corrected chi connectivity index (χ4v) is 2.40. The van der Waals surface area contributed by atoms with Gasteiger partial charge in [-0.2, -0.15) is 0 Å². The van der Waals surface area contributed by atoms with Crippen molar-refractivity contribution < 1.29 is 4.39 Å². The van der Waals surface area contributed by atoms with E-state index >= 15 is 0 Å². The summed E-state index contributed by atoms with van der Waals surface area (Å²) in [5, 5.41) is 11.5. The van der Waals surface area contributed by atoms with E-state index in [1.54, 1.807) is 30.3 Å². The first kappa shape index (κ1) is 17.3. The molecule has 26 heavy (non-hydrogen) atoms. The second-order valence-corrected chi connectivity index (χ2v) is 5.59. The fraction of sp³-hybridized carbons (Fsp3) is 0.0500. The Bertz CT molecular complexity index is 938. The number of hydrogen-bond acceptors (Lipinski definition) is 5. The Labute approximate surface area is 150 Å². The Morgan fingerprint density at radius 3 is 2.54 bits per heavy atom. The lowest BCUT2D eigenvalue weighted by Gasteiger charge is -2.12. The van der Waals surface area contributed by atoms with Crippen molar-refractivity contribution in [1.82, 2.24) is 15.3 Å². The van der Waals surface area contributed by atoms with Crippen molar-refractivity contribution in [3.05, 3.63) is 95.7 Å². The third-order valence-electron chi connectivity index (χ3n) is 3.72. The zero-order chi connectivity index (χ0) is 18.4. The van der Waals surface area contributed by atoms with Gasteiger partial charge in [0.2, 0.25) is 0 Å². The monoisotopic (exact) mass is 347 g/mol. The minimum absolute atomic E-state index is 0.109. The number of anilines is 1. The number of benzene rings is 2. The van der Waals surface area contributed by atoms with Crippen molar-refractivity contribution >= 4 is 17.2 Å². The number of nitrogens with one attached hydrogen (secondary N) is 2. The highest BCUT2D eigenvalue weighted by Crippen LogP contribution is 2.14. The predicted molar refractivity (Wildman–Crippen MR) is 101 cm³/mol. The molecule has 0 aliphatic carbocycles. The number of aromatic nitrogens is 2. The van der Waals surface area contributed by atoms with Crippen molar-refractivity contribution in [2.75, 3.05) is 5.73 Å². The maximum absolute atomic E-state index is 13.9. The average Bonchev–Trinajstić information content (AvgIpc) is 2.67. The van der Waals surface area contributed by atoms with E-state index in [1.807, 2.05) is 30.3 Å². The van der Waals surface area contributed by atoms with Gasteiger partial charge in [0.1, 0.15) is 17.3 Å². The summed E-state index contributed by atoms with van der Waals surface area (Å²) >= 11 is 0. The Balaban J connectivity index is 1.88. The van der Waals surface area contributed by atoms with Crippen LogP contribution in [0.4, 0.5) is 10.2 Å². The van der Waals surface area contributed by atoms with Gasteiger partial charge in [-0.25, -0.2) is 14.4 Å². The third-order valence-corrected chi connectivity index (χ3v) is 3.72. The van der Waals surface area contributed by atoms with Crippen LogP contribution < -0.4 is 11.1 Å². The minimum Gasteiger partial charge on any atom is -0.384 e. The van der Waals surface area contributed by atoms with Gasteiger partial charge in [0.25, 0.3) is 0 Å². The van der Waals surface area contributed by atoms with Crippen molar-refractivity contribution in [2.45, 2.75) is 6.54 Å². The highest BCUT2D eigenvalue weighted by Gasteiger charge is 2.08. The fourth-order valence-electron chi connectivity index (χ4n) is 2.40. The molecule has 3 rings (SSSR count). The van der Waals surface area contributed by atoms with Gasteiger partial charge in [0.15, 0.2) is 5.82 Å². The first-order valence-electron chi connectivity index (χ1n) is 8.05. The molecule has 3 aromatic rings. The maximum Gasteiger partial charge on any atom is 0.179 e. The van der Waals surface area contributed by atoms with Crippen molar-refractivity contribution in [1.29, 1.82) is 5.41 Å². The summed E-state index contributed by atoms with van der Waals surface area (Å²) in [6.45, 7) is 0.290. The molecule has 0 aliphatic heterocycles. The van der Waals surface area contributed by atoms with Gasteiger partial charge in [-0.1, -0.05) is 48.5 Å². The van der Waals surface area contributed by atoms with E-state index in [-0.39, 0.29) is 17.4 Å². The van der Waals surface area contributed by atoms with Crippen LogP contribution in [-0.2, 0) is 6.54 Å². The maximum atomic E-state index is 13.9. The van der Waals surface area contributed by atoms with E-state index in [0.717, 1.165) is 5.56 Å². The average molecular weight is 347 g/mol. The van der Waals surface area contributed by atoms with Crippen LogP contribution in [0.2, 0.25) is 0 Å². The van der Waals surface area contributed by atoms with Crippen LogP contribution >= 0.6 is 0 Å². The predicted octanol–water partition coefficient (Wildman–Crippen LogP) is 3.40. The molecule has 1 aromatic heterocycles. The Kier molecular flexibility index (Phi) is 5.34. The molecule has 0 atom stereocenters. The number of nitrogen functional groups attached to an aromatic ring is 1. The first-order chi connectivity index (χ1) is 12.6. The molecule has 0 aliphatic rings. The van der Waals surface area contributed by atoms with Gasteiger partial charge < -0.3 is 11.1 Å². The normalized spacial score (nSPS) is 11.2. The lowest BCUT2D eigenvalue weighted by atomic mass is 10.1. The van der Waals surface area contributed by atoms with Gasteiger partial charge >= 0.3 is 0 Å². The van der Waals surface area contributed by atoms with Crippen LogP contribution in [0.15, 0.2) is 72.9 Å². The molecule has 0 spiro atoms. The first-order valence-corrected chi connectivity index (χ1v) is 8.05. The molecular weight excluding hydrogens is 329 g/mol. The van der Waals surface area contributed by atoms with Gasteiger partial charge in [-0.05, 0) is 23.8 Å². The second-order valence-electron chi connectivity index (χ2n) is 5.59. The van der Waals surface area contributed by atoms with Crippen LogP contribution in [0, 0.1) is 11.2 Å². The molecule has 5 nitrogen and oxygen atoms in total. The molecule has 4 N–H and O–H groups in total. The SMILES string of the molecule is N=C(/C=C(\NCc1ccccc1F)c1ccccc1)c1nccc(N)n1. The highest BCUT2D eigenvalue weighted by atomic mass is 19.1. The number of halogens is 1. The molecule has 6 heteroatoms. The van der Waals surface area contributed by atoms with E-state index < -0.39 is 0 Å². The Morgan fingerprint density at radius 1 is 1.08 bits per heavy atom. The zero-order valence-electron chi connectivity index (χ0n) is 14.0. The summed E-state index contributed by atoms with van der Waals surface area (Å²) in [5.74, 6) is 0.251. The molecule has 2 aromatic carbocycles. The Morgan fingerprint density at radius 2 is 1.81 bits per heavy atom. The third kappa shape index (κ3) is 4.30. The standard InChI is InChI=1S/C20H18FN5/c21-16-9-5-4-8-15(16)13-25-18(14-6-2-1-3-7-14)12-17(22)20-24-11-10-19(23)26-20/h1-12,22,25H,13H2,(H2,23,24,26)/b18-12-,22-17?. The van der Waals surface area contributed by atoms with Crippen LogP contribution in [0.5, 0.6) is 0 Å². The molecule has 1 heterocycles. The van der Waals surface area contributed by atoms with Crippen LogP contribution in [0.25, 0.3) is 5.70 Å².